The Morgan fingerprint density at radius 1 is 1.29 bits per heavy atom. The van der Waals surface area contributed by atoms with Gasteiger partial charge in [-0.3, -0.25) is 0 Å². The van der Waals surface area contributed by atoms with E-state index in [1.165, 1.54) is 0 Å². The molecule has 92 valence electrons. The summed E-state index contributed by atoms with van der Waals surface area (Å²) in [7, 11) is 0. The molecule has 1 heterocycles. The van der Waals surface area contributed by atoms with Crippen molar-refractivity contribution in [2.45, 2.75) is 13.8 Å². The number of aryl methyl sites for hydroxylation is 1. The molecular weight excluding hydrogens is 218 g/mol. The summed E-state index contributed by atoms with van der Waals surface area (Å²) >= 11 is 0. The lowest BCUT2D eigenvalue weighted by atomic mass is 10.0. The third kappa shape index (κ3) is 2.42. The van der Waals surface area contributed by atoms with E-state index in [0.29, 0.717) is 18.8 Å². The van der Waals surface area contributed by atoms with Gasteiger partial charge in [0.1, 0.15) is 0 Å². The molecule has 1 aromatic carbocycles. The molecule has 4 heteroatoms. The molecule has 0 radical (unpaired) electrons. The van der Waals surface area contributed by atoms with Crippen LogP contribution in [0.2, 0.25) is 0 Å². The van der Waals surface area contributed by atoms with Crippen LogP contribution in [-0.4, -0.2) is 37.4 Å². The number of carboxylic acids is 1. The molecule has 1 N–H and O–H groups in total. The van der Waals surface area contributed by atoms with E-state index in [-0.39, 0.29) is 0 Å². The van der Waals surface area contributed by atoms with Crippen molar-refractivity contribution in [3.63, 3.8) is 0 Å². The van der Waals surface area contributed by atoms with Gasteiger partial charge in [0, 0.05) is 18.8 Å². The highest BCUT2D eigenvalue weighted by atomic mass is 16.5. The van der Waals surface area contributed by atoms with E-state index in [1.807, 2.05) is 19.9 Å². The predicted octanol–water partition coefficient (Wildman–Crippen LogP) is 1.84. The topological polar surface area (TPSA) is 49.8 Å². The molecule has 0 aliphatic carbocycles. The van der Waals surface area contributed by atoms with Gasteiger partial charge in [-0.15, -0.1) is 0 Å². The van der Waals surface area contributed by atoms with Crippen LogP contribution in [0.15, 0.2) is 12.1 Å². The second kappa shape index (κ2) is 4.75. The van der Waals surface area contributed by atoms with Crippen molar-refractivity contribution in [3.8, 4) is 0 Å². The van der Waals surface area contributed by atoms with E-state index in [0.717, 1.165) is 29.9 Å². The minimum Gasteiger partial charge on any atom is -0.478 e. The van der Waals surface area contributed by atoms with Gasteiger partial charge < -0.3 is 14.7 Å². The molecule has 0 amide bonds. The molecule has 2 rings (SSSR count). The molecule has 1 saturated heterocycles. The van der Waals surface area contributed by atoms with Gasteiger partial charge in [0.25, 0.3) is 0 Å². The summed E-state index contributed by atoms with van der Waals surface area (Å²) in [5, 5.41) is 9.17. The van der Waals surface area contributed by atoms with E-state index in [1.54, 1.807) is 6.07 Å². The molecule has 0 unspecified atom stereocenters. The molecule has 0 atom stereocenters. The minimum absolute atomic E-state index is 0.395. The van der Waals surface area contributed by atoms with Crippen LogP contribution in [0, 0.1) is 13.8 Å². The summed E-state index contributed by atoms with van der Waals surface area (Å²) in [6.45, 7) is 6.85. The summed E-state index contributed by atoms with van der Waals surface area (Å²) in [5.41, 5.74) is 3.24. The number of nitrogens with zero attached hydrogens (tertiary/aromatic N) is 1. The lowest BCUT2D eigenvalue weighted by Crippen LogP contribution is -2.36. The fraction of sp³-hybridized carbons (Fsp3) is 0.462. The number of ether oxygens (including phenoxy) is 1. The highest BCUT2D eigenvalue weighted by Gasteiger charge is 2.16. The van der Waals surface area contributed by atoms with Gasteiger partial charge in [0.15, 0.2) is 0 Å². The number of anilines is 1. The summed E-state index contributed by atoms with van der Waals surface area (Å²) in [6, 6.07) is 3.81. The third-order valence-electron chi connectivity index (χ3n) is 3.26. The van der Waals surface area contributed by atoms with Crippen LogP contribution < -0.4 is 4.90 Å². The first-order valence-corrected chi connectivity index (χ1v) is 5.77. The number of benzene rings is 1. The van der Waals surface area contributed by atoms with E-state index in [2.05, 4.69) is 4.90 Å². The maximum Gasteiger partial charge on any atom is 0.336 e. The average molecular weight is 235 g/mol. The lowest BCUT2D eigenvalue weighted by Gasteiger charge is -2.29. The highest BCUT2D eigenvalue weighted by Crippen LogP contribution is 2.23. The molecule has 17 heavy (non-hydrogen) atoms. The van der Waals surface area contributed by atoms with E-state index in [9.17, 15) is 4.79 Å². The quantitative estimate of drug-likeness (QED) is 0.849. The van der Waals surface area contributed by atoms with Gasteiger partial charge in [-0.1, -0.05) is 0 Å². The van der Waals surface area contributed by atoms with Gasteiger partial charge in [-0.2, -0.15) is 0 Å². The first-order valence-electron chi connectivity index (χ1n) is 5.77. The first-order chi connectivity index (χ1) is 8.09. The summed E-state index contributed by atoms with van der Waals surface area (Å²) in [5.74, 6) is -0.860. The highest BCUT2D eigenvalue weighted by molar-refractivity contribution is 5.91. The fourth-order valence-electron chi connectivity index (χ4n) is 2.07. The summed E-state index contributed by atoms with van der Waals surface area (Å²) in [4.78, 5) is 13.3. The second-order valence-electron chi connectivity index (χ2n) is 4.34. The second-order valence-corrected chi connectivity index (χ2v) is 4.34. The van der Waals surface area contributed by atoms with Crippen LogP contribution in [0.1, 0.15) is 21.5 Å². The maximum absolute atomic E-state index is 11.2. The monoisotopic (exact) mass is 235 g/mol. The van der Waals surface area contributed by atoms with Gasteiger partial charge >= 0.3 is 5.97 Å². The van der Waals surface area contributed by atoms with Crippen molar-refractivity contribution in [2.75, 3.05) is 31.2 Å². The number of hydrogen-bond acceptors (Lipinski definition) is 3. The first kappa shape index (κ1) is 11.9. The normalized spacial score (nSPS) is 16.0. The average Bonchev–Trinajstić information content (AvgIpc) is 2.33. The standard InChI is InChI=1S/C13H17NO3/c1-9-7-11(14-3-5-17-6-4-14)8-12(10(9)2)13(15)16/h7-8H,3-6H2,1-2H3,(H,15,16). The molecule has 0 saturated carbocycles. The molecule has 0 aromatic heterocycles. The summed E-state index contributed by atoms with van der Waals surface area (Å²) in [6.07, 6.45) is 0. The minimum atomic E-state index is -0.860. The van der Waals surface area contributed by atoms with Gasteiger partial charge in [0.2, 0.25) is 0 Å². The van der Waals surface area contributed by atoms with Crippen LogP contribution in [-0.2, 0) is 4.74 Å². The smallest absolute Gasteiger partial charge is 0.336 e. The Morgan fingerprint density at radius 3 is 2.53 bits per heavy atom. The zero-order chi connectivity index (χ0) is 12.4. The number of hydrogen-bond donors (Lipinski definition) is 1. The molecule has 4 nitrogen and oxygen atoms in total. The van der Waals surface area contributed by atoms with Gasteiger partial charge in [0.05, 0.1) is 18.8 Å². The summed E-state index contributed by atoms with van der Waals surface area (Å²) < 4.78 is 5.29. The Kier molecular flexibility index (Phi) is 3.33. The molecule has 1 aromatic rings. The Balaban J connectivity index is 2.37. The largest absolute Gasteiger partial charge is 0.478 e. The molecule has 0 spiro atoms. The number of rotatable bonds is 2. The number of aromatic carboxylic acids is 1. The SMILES string of the molecule is Cc1cc(N2CCOCC2)cc(C(=O)O)c1C. The van der Waals surface area contributed by atoms with Crippen molar-refractivity contribution in [3.05, 3.63) is 28.8 Å². The lowest BCUT2D eigenvalue weighted by molar-refractivity contribution is 0.0696. The Morgan fingerprint density at radius 2 is 1.94 bits per heavy atom. The van der Waals surface area contributed by atoms with Crippen LogP contribution in [0.5, 0.6) is 0 Å². The van der Waals surface area contributed by atoms with E-state index in [4.69, 9.17) is 9.84 Å². The Labute approximate surface area is 101 Å². The predicted molar refractivity (Wildman–Crippen MR) is 65.9 cm³/mol. The van der Waals surface area contributed by atoms with Crippen LogP contribution in [0.25, 0.3) is 0 Å². The van der Waals surface area contributed by atoms with E-state index < -0.39 is 5.97 Å². The van der Waals surface area contributed by atoms with Crippen LogP contribution in [0.3, 0.4) is 0 Å². The number of carbonyl (C=O) groups is 1. The zero-order valence-corrected chi connectivity index (χ0v) is 10.2. The molecule has 1 aliphatic heterocycles. The number of carboxylic acid groups (broad SMARTS) is 1. The van der Waals surface area contributed by atoms with Crippen molar-refractivity contribution in [1.29, 1.82) is 0 Å². The van der Waals surface area contributed by atoms with Crippen LogP contribution >= 0.6 is 0 Å². The van der Waals surface area contributed by atoms with E-state index >= 15 is 0 Å². The molecule has 1 fully saturated rings. The zero-order valence-electron chi connectivity index (χ0n) is 10.2. The van der Waals surface area contributed by atoms with Crippen molar-refractivity contribution >= 4 is 11.7 Å². The fourth-order valence-corrected chi connectivity index (χ4v) is 2.07. The van der Waals surface area contributed by atoms with Crippen molar-refractivity contribution in [2.24, 2.45) is 0 Å². The van der Waals surface area contributed by atoms with Crippen molar-refractivity contribution in [1.82, 2.24) is 0 Å². The maximum atomic E-state index is 11.2. The molecule has 0 bridgehead atoms. The van der Waals surface area contributed by atoms with Gasteiger partial charge in [-0.05, 0) is 37.1 Å². The Hall–Kier alpha value is -1.55. The molecular formula is C13H17NO3. The van der Waals surface area contributed by atoms with Gasteiger partial charge in [-0.25, -0.2) is 4.79 Å². The molecule has 1 aliphatic rings. The Bertz CT molecular complexity index is 437. The van der Waals surface area contributed by atoms with Crippen LogP contribution in [0.4, 0.5) is 5.69 Å². The van der Waals surface area contributed by atoms with Crippen molar-refractivity contribution < 1.29 is 14.6 Å². The third-order valence-corrected chi connectivity index (χ3v) is 3.26. The number of morpholine rings is 1.